The first-order chi connectivity index (χ1) is 8.94. The zero-order chi connectivity index (χ0) is 14.0. The monoisotopic (exact) mass is 285 g/mol. The van der Waals surface area contributed by atoms with Crippen molar-refractivity contribution in [1.29, 1.82) is 0 Å². The van der Waals surface area contributed by atoms with E-state index < -0.39 is 16.0 Å². The Balaban J connectivity index is 2.18. The molecule has 1 aliphatic heterocycles. The lowest BCUT2D eigenvalue weighted by atomic mass is 10.1. The molecule has 0 unspecified atom stereocenters. The molecule has 0 amide bonds. The molecular formula is C12H15NO5S. The van der Waals surface area contributed by atoms with Crippen LogP contribution in [-0.4, -0.2) is 43.3 Å². The van der Waals surface area contributed by atoms with Crippen LogP contribution >= 0.6 is 0 Å². The minimum atomic E-state index is -3.36. The molecule has 19 heavy (non-hydrogen) atoms. The van der Waals surface area contributed by atoms with E-state index in [9.17, 15) is 13.2 Å². The Morgan fingerprint density at radius 2 is 2.05 bits per heavy atom. The highest BCUT2D eigenvalue weighted by atomic mass is 32.2. The van der Waals surface area contributed by atoms with Crippen LogP contribution in [0.1, 0.15) is 21.5 Å². The summed E-state index contributed by atoms with van der Waals surface area (Å²) in [4.78, 5) is 10.9. The van der Waals surface area contributed by atoms with Crippen LogP contribution in [0.25, 0.3) is 0 Å². The van der Waals surface area contributed by atoms with Crippen LogP contribution in [0.15, 0.2) is 18.2 Å². The van der Waals surface area contributed by atoms with Gasteiger partial charge in [0.25, 0.3) is 0 Å². The van der Waals surface area contributed by atoms with Crippen LogP contribution in [0, 0.1) is 0 Å². The van der Waals surface area contributed by atoms with Crippen molar-refractivity contribution in [2.24, 2.45) is 0 Å². The van der Waals surface area contributed by atoms with Gasteiger partial charge in [0.05, 0.1) is 17.9 Å². The maximum absolute atomic E-state index is 12.0. The van der Waals surface area contributed by atoms with Crippen molar-refractivity contribution in [3.63, 3.8) is 0 Å². The average Bonchev–Trinajstić information content (AvgIpc) is 2.79. The molecule has 7 heteroatoms. The minimum Gasteiger partial charge on any atom is -0.478 e. The van der Waals surface area contributed by atoms with Gasteiger partial charge in [0, 0.05) is 20.2 Å². The number of aromatic carboxylic acids is 1. The van der Waals surface area contributed by atoms with Gasteiger partial charge in [-0.1, -0.05) is 6.07 Å². The second-order valence-corrected chi connectivity index (χ2v) is 6.45. The molecule has 0 spiro atoms. The third-order valence-corrected chi connectivity index (χ3v) is 4.81. The normalized spacial score (nSPS) is 15.4. The fourth-order valence-electron chi connectivity index (χ4n) is 2.01. The lowest BCUT2D eigenvalue weighted by Gasteiger charge is -2.14. The molecule has 0 saturated carbocycles. The molecule has 0 atom stereocenters. The number of rotatable bonds is 5. The van der Waals surface area contributed by atoms with E-state index in [0.717, 1.165) is 11.1 Å². The van der Waals surface area contributed by atoms with Crippen molar-refractivity contribution in [2.75, 3.05) is 19.5 Å². The Morgan fingerprint density at radius 1 is 1.37 bits per heavy atom. The van der Waals surface area contributed by atoms with Crippen molar-refractivity contribution in [1.82, 2.24) is 4.31 Å². The van der Waals surface area contributed by atoms with Crippen LogP contribution in [0.4, 0.5) is 0 Å². The van der Waals surface area contributed by atoms with Gasteiger partial charge in [-0.3, -0.25) is 0 Å². The number of carboxylic acids is 1. The average molecular weight is 285 g/mol. The number of hydrogen-bond donors (Lipinski definition) is 1. The van der Waals surface area contributed by atoms with Gasteiger partial charge in [0.1, 0.15) is 0 Å². The molecule has 0 bridgehead atoms. The molecule has 2 rings (SSSR count). The molecule has 104 valence electrons. The van der Waals surface area contributed by atoms with Crippen LogP contribution in [0.2, 0.25) is 0 Å². The van der Waals surface area contributed by atoms with Gasteiger partial charge in [-0.15, -0.1) is 0 Å². The number of carboxylic acid groups (broad SMARTS) is 1. The number of fused-ring (bicyclic) bond motifs is 1. The molecule has 1 N–H and O–H groups in total. The number of carbonyl (C=O) groups is 1. The van der Waals surface area contributed by atoms with Gasteiger partial charge in [-0.25, -0.2) is 13.2 Å². The first-order valence-electron chi connectivity index (χ1n) is 5.76. The highest BCUT2D eigenvalue weighted by Gasteiger charge is 2.29. The molecule has 1 heterocycles. The molecular weight excluding hydrogens is 270 g/mol. The van der Waals surface area contributed by atoms with Crippen molar-refractivity contribution in [3.8, 4) is 0 Å². The van der Waals surface area contributed by atoms with Gasteiger partial charge >= 0.3 is 5.97 Å². The SMILES string of the molecule is COCCS(=O)(=O)N1Cc2ccc(C(=O)O)cc2C1. The van der Waals surface area contributed by atoms with Gasteiger partial charge in [0.15, 0.2) is 0 Å². The third kappa shape index (κ3) is 2.94. The van der Waals surface area contributed by atoms with Gasteiger partial charge in [-0.05, 0) is 23.3 Å². The first kappa shape index (κ1) is 14.0. The summed E-state index contributed by atoms with van der Waals surface area (Å²) >= 11 is 0. The third-order valence-electron chi connectivity index (χ3n) is 3.09. The quantitative estimate of drug-likeness (QED) is 0.860. The van der Waals surface area contributed by atoms with E-state index in [1.54, 1.807) is 6.07 Å². The molecule has 1 aliphatic rings. The number of ether oxygens (including phenoxy) is 1. The molecule has 6 nitrogen and oxygen atoms in total. The highest BCUT2D eigenvalue weighted by molar-refractivity contribution is 7.89. The number of sulfonamides is 1. The summed E-state index contributed by atoms with van der Waals surface area (Å²) in [5.41, 5.74) is 1.78. The minimum absolute atomic E-state index is 0.0662. The zero-order valence-corrected chi connectivity index (χ0v) is 11.3. The summed E-state index contributed by atoms with van der Waals surface area (Å²) in [5, 5.41) is 8.91. The van der Waals surface area contributed by atoms with Crippen LogP contribution in [0.3, 0.4) is 0 Å². The summed E-state index contributed by atoms with van der Waals surface area (Å²) in [6.07, 6.45) is 0. The number of hydrogen-bond acceptors (Lipinski definition) is 4. The molecule has 0 saturated heterocycles. The molecule has 0 aliphatic carbocycles. The van der Waals surface area contributed by atoms with E-state index in [0.29, 0.717) is 6.54 Å². The molecule has 1 aromatic rings. The smallest absolute Gasteiger partial charge is 0.335 e. The molecule has 0 fully saturated rings. The lowest BCUT2D eigenvalue weighted by Crippen LogP contribution is -2.29. The number of nitrogens with zero attached hydrogens (tertiary/aromatic N) is 1. The lowest BCUT2D eigenvalue weighted by molar-refractivity contribution is 0.0696. The van der Waals surface area contributed by atoms with Crippen LogP contribution in [0.5, 0.6) is 0 Å². The summed E-state index contributed by atoms with van der Waals surface area (Å²) in [7, 11) is -1.91. The molecule has 0 aromatic heterocycles. The molecule has 0 radical (unpaired) electrons. The number of methoxy groups -OCH3 is 1. The second-order valence-electron chi connectivity index (χ2n) is 4.37. The summed E-state index contributed by atoms with van der Waals surface area (Å²) in [6, 6.07) is 4.70. The van der Waals surface area contributed by atoms with Crippen LogP contribution in [-0.2, 0) is 27.8 Å². The van der Waals surface area contributed by atoms with Crippen LogP contribution < -0.4 is 0 Å². The van der Waals surface area contributed by atoms with Crippen molar-refractivity contribution in [3.05, 3.63) is 34.9 Å². The second kappa shape index (κ2) is 5.28. The molecule has 1 aromatic carbocycles. The fraction of sp³-hybridized carbons (Fsp3) is 0.417. The van der Waals surface area contributed by atoms with Gasteiger partial charge in [-0.2, -0.15) is 4.31 Å². The fourth-order valence-corrected chi connectivity index (χ4v) is 3.32. The maximum atomic E-state index is 12.0. The Bertz CT molecular complexity index is 596. The Hall–Kier alpha value is -1.44. The topological polar surface area (TPSA) is 83.9 Å². The summed E-state index contributed by atoms with van der Waals surface area (Å²) in [6.45, 7) is 0.666. The first-order valence-corrected chi connectivity index (χ1v) is 7.37. The maximum Gasteiger partial charge on any atom is 0.335 e. The van der Waals surface area contributed by atoms with E-state index in [1.807, 2.05) is 0 Å². The van der Waals surface area contributed by atoms with Crippen molar-refractivity contribution >= 4 is 16.0 Å². The highest BCUT2D eigenvalue weighted by Crippen LogP contribution is 2.26. The predicted molar refractivity (Wildman–Crippen MR) is 68.3 cm³/mol. The Kier molecular flexibility index (Phi) is 3.88. The Morgan fingerprint density at radius 3 is 2.68 bits per heavy atom. The van der Waals surface area contributed by atoms with Crippen molar-refractivity contribution in [2.45, 2.75) is 13.1 Å². The Labute approximate surface area is 111 Å². The van der Waals surface area contributed by atoms with E-state index in [2.05, 4.69) is 0 Å². The number of benzene rings is 1. The van der Waals surface area contributed by atoms with Crippen molar-refractivity contribution < 1.29 is 23.1 Å². The summed E-state index contributed by atoms with van der Waals surface area (Å²) < 4.78 is 30.1. The largest absolute Gasteiger partial charge is 0.478 e. The van der Waals surface area contributed by atoms with Gasteiger partial charge < -0.3 is 9.84 Å². The summed E-state index contributed by atoms with van der Waals surface area (Å²) in [5.74, 6) is -1.08. The van der Waals surface area contributed by atoms with E-state index in [-0.39, 0.29) is 24.5 Å². The van der Waals surface area contributed by atoms with E-state index >= 15 is 0 Å². The predicted octanol–water partition coefficient (Wildman–Crippen LogP) is 0.677. The van der Waals surface area contributed by atoms with E-state index in [4.69, 9.17) is 9.84 Å². The van der Waals surface area contributed by atoms with Gasteiger partial charge in [0.2, 0.25) is 10.0 Å². The van der Waals surface area contributed by atoms with E-state index in [1.165, 1.54) is 23.5 Å². The zero-order valence-electron chi connectivity index (χ0n) is 10.5. The standard InChI is InChI=1S/C12H15NO5S/c1-18-4-5-19(16,17)13-7-10-3-2-9(12(14)15)6-11(10)8-13/h2-3,6H,4-5,7-8H2,1H3,(H,14,15).